The third-order valence-electron chi connectivity index (χ3n) is 5.10. The molecule has 2 atom stereocenters. The van der Waals surface area contributed by atoms with Gasteiger partial charge in [0, 0.05) is 36.1 Å². The Labute approximate surface area is 137 Å². The Balaban J connectivity index is 1.75. The fraction of sp³-hybridized carbons (Fsp3) is 0.526. The first-order valence-electron chi connectivity index (χ1n) is 8.63. The molecule has 3 rings (SSSR count). The van der Waals surface area contributed by atoms with Crippen molar-refractivity contribution >= 4 is 16.8 Å². The maximum absolute atomic E-state index is 12.7. The quantitative estimate of drug-likeness (QED) is 0.911. The summed E-state index contributed by atoms with van der Waals surface area (Å²) in [6.45, 7) is 5.46. The van der Waals surface area contributed by atoms with E-state index in [2.05, 4.69) is 30.1 Å². The van der Waals surface area contributed by atoms with Crippen molar-refractivity contribution in [2.45, 2.75) is 45.6 Å². The number of aromatic amines is 1. The Morgan fingerprint density at radius 3 is 3.00 bits per heavy atom. The van der Waals surface area contributed by atoms with Crippen LogP contribution in [0.5, 0.6) is 0 Å². The number of carbonyl (C=O) groups is 1. The van der Waals surface area contributed by atoms with Crippen molar-refractivity contribution in [1.29, 1.82) is 0 Å². The maximum atomic E-state index is 12.7. The Bertz CT molecular complexity index is 690. The molecule has 1 aliphatic rings. The van der Waals surface area contributed by atoms with E-state index in [1.807, 2.05) is 18.0 Å². The number of hydrogen-bond donors (Lipinski definition) is 2. The molecule has 1 aromatic carbocycles. The monoisotopic (exact) mass is 314 g/mol. The standard InChI is InChI=1S/C19H26N2O2/c1-3-14-6-4-8-17-16(11-20-19(14)17)10-18(23)21-9-5-7-15(12-21)13(2)22/h4,6,8,11,13,15,20,22H,3,5,7,9-10,12H2,1-2H3. The van der Waals surface area contributed by atoms with Crippen LogP contribution in [0.2, 0.25) is 0 Å². The first kappa shape index (κ1) is 16.1. The van der Waals surface area contributed by atoms with Crippen LogP contribution in [-0.4, -0.2) is 40.1 Å². The molecule has 23 heavy (non-hydrogen) atoms. The summed E-state index contributed by atoms with van der Waals surface area (Å²) < 4.78 is 0. The van der Waals surface area contributed by atoms with Crippen molar-refractivity contribution in [2.24, 2.45) is 5.92 Å². The summed E-state index contributed by atoms with van der Waals surface area (Å²) in [4.78, 5) is 17.9. The van der Waals surface area contributed by atoms with Gasteiger partial charge in [0.1, 0.15) is 0 Å². The lowest BCUT2D eigenvalue weighted by Crippen LogP contribution is -2.43. The summed E-state index contributed by atoms with van der Waals surface area (Å²) in [7, 11) is 0. The summed E-state index contributed by atoms with van der Waals surface area (Å²) >= 11 is 0. The number of aliphatic hydroxyl groups is 1. The third kappa shape index (κ3) is 3.27. The fourth-order valence-electron chi connectivity index (χ4n) is 3.62. The van der Waals surface area contributed by atoms with E-state index >= 15 is 0 Å². The van der Waals surface area contributed by atoms with Crippen LogP contribution < -0.4 is 0 Å². The van der Waals surface area contributed by atoms with E-state index in [-0.39, 0.29) is 17.9 Å². The molecule has 2 aromatic rings. The van der Waals surface area contributed by atoms with Gasteiger partial charge in [0.05, 0.1) is 12.5 Å². The van der Waals surface area contributed by atoms with Crippen LogP contribution in [0.1, 0.15) is 37.8 Å². The van der Waals surface area contributed by atoms with Crippen molar-refractivity contribution in [3.63, 3.8) is 0 Å². The van der Waals surface area contributed by atoms with E-state index in [0.717, 1.165) is 42.3 Å². The van der Waals surface area contributed by atoms with Crippen LogP contribution in [0, 0.1) is 5.92 Å². The number of aliphatic hydroxyl groups excluding tert-OH is 1. The third-order valence-corrected chi connectivity index (χ3v) is 5.10. The molecule has 1 aromatic heterocycles. The fourth-order valence-corrected chi connectivity index (χ4v) is 3.62. The predicted octanol–water partition coefficient (Wildman–Crippen LogP) is 2.89. The minimum atomic E-state index is -0.342. The number of fused-ring (bicyclic) bond motifs is 1. The molecule has 1 aliphatic heterocycles. The molecule has 0 spiro atoms. The number of rotatable bonds is 4. The van der Waals surface area contributed by atoms with Gasteiger partial charge in [0.15, 0.2) is 0 Å². The Morgan fingerprint density at radius 2 is 2.26 bits per heavy atom. The summed E-state index contributed by atoms with van der Waals surface area (Å²) in [5.74, 6) is 0.375. The van der Waals surface area contributed by atoms with Gasteiger partial charge in [0.25, 0.3) is 0 Å². The number of piperidine rings is 1. The molecule has 2 heterocycles. The van der Waals surface area contributed by atoms with Crippen LogP contribution in [0.15, 0.2) is 24.4 Å². The number of aromatic nitrogens is 1. The SMILES string of the molecule is CCc1cccc2c(CC(=O)N3CCCC(C(C)O)C3)c[nH]c12. The second kappa shape index (κ2) is 6.75. The first-order chi connectivity index (χ1) is 11.1. The lowest BCUT2D eigenvalue weighted by atomic mass is 9.93. The Morgan fingerprint density at radius 1 is 1.43 bits per heavy atom. The highest BCUT2D eigenvalue weighted by Gasteiger charge is 2.26. The van der Waals surface area contributed by atoms with Gasteiger partial charge in [-0.05, 0) is 37.3 Å². The number of amides is 1. The molecule has 0 bridgehead atoms. The van der Waals surface area contributed by atoms with E-state index in [1.54, 1.807) is 0 Å². The van der Waals surface area contributed by atoms with Gasteiger partial charge in [-0.3, -0.25) is 4.79 Å². The van der Waals surface area contributed by atoms with Gasteiger partial charge in [-0.2, -0.15) is 0 Å². The second-order valence-electron chi connectivity index (χ2n) is 6.67. The minimum absolute atomic E-state index is 0.165. The van der Waals surface area contributed by atoms with E-state index < -0.39 is 0 Å². The van der Waals surface area contributed by atoms with Gasteiger partial charge in [-0.15, -0.1) is 0 Å². The molecule has 1 fully saturated rings. The number of benzene rings is 1. The highest BCUT2D eigenvalue weighted by Crippen LogP contribution is 2.24. The summed E-state index contributed by atoms with van der Waals surface area (Å²) in [6.07, 6.45) is 5.03. The van der Waals surface area contributed by atoms with Crippen LogP contribution in [0.4, 0.5) is 0 Å². The summed E-state index contributed by atoms with van der Waals surface area (Å²) in [5, 5.41) is 10.9. The van der Waals surface area contributed by atoms with Gasteiger partial charge < -0.3 is 15.0 Å². The molecule has 0 radical (unpaired) electrons. The number of carbonyl (C=O) groups excluding carboxylic acids is 1. The van der Waals surface area contributed by atoms with Gasteiger partial charge in [-0.25, -0.2) is 0 Å². The molecule has 124 valence electrons. The number of H-pyrrole nitrogens is 1. The topological polar surface area (TPSA) is 56.3 Å². The molecular formula is C19H26N2O2. The zero-order valence-corrected chi connectivity index (χ0v) is 14.0. The van der Waals surface area contributed by atoms with Crippen LogP contribution >= 0.6 is 0 Å². The lowest BCUT2D eigenvalue weighted by molar-refractivity contribution is -0.133. The first-order valence-corrected chi connectivity index (χ1v) is 8.63. The average Bonchev–Trinajstić information content (AvgIpc) is 2.98. The Kier molecular flexibility index (Phi) is 4.71. The molecule has 1 saturated heterocycles. The zero-order valence-electron chi connectivity index (χ0n) is 14.0. The van der Waals surface area contributed by atoms with Crippen LogP contribution in [0.25, 0.3) is 10.9 Å². The second-order valence-corrected chi connectivity index (χ2v) is 6.67. The number of likely N-dealkylation sites (tertiary alicyclic amines) is 1. The van der Waals surface area contributed by atoms with E-state index in [0.29, 0.717) is 13.0 Å². The highest BCUT2D eigenvalue weighted by molar-refractivity contribution is 5.90. The average molecular weight is 314 g/mol. The van der Waals surface area contributed by atoms with Crippen LogP contribution in [0.3, 0.4) is 0 Å². The minimum Gasteiger partial charge on any atom is -0.393 e. The zero-order chi connectivity index (χ0) is 16.4. The Hall–Kier alpha value is -1.81. The largest absolute Gasteiger partial charge is 0.393 e. The van der Waals surface area contributed by atoms with Gasteiger partial charge >= 0.3 is 0 Å². The number of para-hydroxylation sites is 1. The van der Waals surface area contributed by atoms with Gasteiger partial charge in [-0.1, -0.05) is 25.1 Å². The highest BCUT2D eigenvalue weighted by atomic mass is 16.3. The molecule has 1 amide bonds. The summed E-state index contributed by atoms with van der Waals surface area (Å²) in [5.41, 5.74) is 3.51. The molecule has 0 saturated carbocycles. The van der Waals surface area contributed by atoms with E-state index in [4.69, 9.17) is 0 Å². The number of nitrogens with zero attached hydrogens (tertiary/aromatic N) is 1. The van der Waals surface area contributed by atoms with Crippen LogP contribution in [-0.2, 0) is 17.6 Å². The number of hydrogen-bond acceptors (Lipinski definition) is 2. The molecule has 0 aliphatic carbocycles. The molecule has 4 heteroatoms. The van der Waals surface area contributed by atoms with Crippen molar-refractivity contribution in [1.82, 2.24) is 9.88 Å². The number of nitrogens with one attached hydrogen (secondary N) is 1. The predicted molar refractivity (Wildman–Crippen MR) is 92.4 cm³/mol. The smallest absolute Gasteiger partial charge is 0.227 e. The molecule has 2 N–H and O–H groups in total. The van der Waals surface area contributed by atoms with Crippen molar-refractivity contribution in [3.8, 4) is 0 Å². The molecule has 2 unspecified atom stereocenters. The normalized spacial score (nSPS) is 20.0. The maximum Gasteiger partial charge on any atom is 0.227 e. The van der Waals surface area contributed by atoms with E-state index in [1.165, 1.54) is 5.56 Å². The summed E-state index contributed by atoms with van der Waals surface area (Å²) in [6, 6.07) is 6.28. The van der Waals surface area contributed by atoms with Crippen molar-refractivity contribution in [2.75, 3.05) is 13.1 Å². The van der Waals surface area contributed by atoms with Crippen molar-refractivity contribution in [3.05, 3.63) is 35.5 Å². The molecule has 4 nitrogen and oxygen atoms in total. The van der Waals surface area contributed by atoms with Crippen molar-refractivity contribution < 1.29 is 9.90 Å². The van der Waals surface area contributed by atoms with E-state index in [9.17, 15) is 9.90 Å². The molecular weight excluding hydrogens is 288 g/mol. The number of aryl methyl sites for hydroxylation is 1. The van der Waals surface area contributed by atoms with Gasteiger partial charge in [0.2, 0.25) is 5.91 Å². The lowest BCUT2D eigenvalue weighted by Gasteiger charge is -2.34.